The molecule has 0 aromatic carbocycles. The molecule has 0 aromatic heterocycles. The van der Waals surface area contributed by atoms with Crippen molar-refractivity contribution < 1.29 is 19.4 Å². The van der Waals surface area contributed by atoms with Crippen molar-refractivity contribution in [3.05, 3.63) is 0 Å². The third-order valence-corrected chi connectivity index (χ3v) is 2.90. The van der Waals surface area contributed by atoms with Crippen molar-refractivity contribution in [1.82, 2.24) is 0 Å². The lowest BCUT2D eigenvalue weighted by molar-refractivity contribution is 0.0376. The van der Waals surface area contributed by atoms with Crippen LogP contribution in [0.2, 0.25) is 0 Å². The molecular weight excluding hydrogens is 248 g/mol. The molecule has 19 heavy (non-hydrogen) atoms. The van der Waals surface area contributed by atoms with E-state index < -0.39 is 0 Å². The van der Waals surface area contributed by atoms with Gasteiger partial charge >= 0.3 is 0 Å². The molecule has 0 unspecified atom stereocenters. The Hall–Kier alpha value is -0.850. The summed E-state index contributed by atoms with van der Waals surface area (Å²) >= 11 is 0. The van der Waals surface area contributed by atoms with E-state index in [1.54, 1.807) is 7.11 Å². The second-order valence-electron chi connectivity index (χ2n) is 5.04. The van der Waals surface area contributed by atoms with Crippen LogP contribution in [0, 0.1) is 5.41 Å². The topological polar surface area (TPSA) is 86.3 Å². The van der Waals surface area contributed by atoms with Gasteiger partial charge in [-0.1, -0.05) is 19.0 Å². The highest BCUT2D eigenvalue weighted by molar-refractivity contribution is 5.85. The summed E-state index contributed by atoms with van der Waals surface area (Å²) in [6.45, 7) is 7.17. The number of oxime groups is 1. The molecule has 0 radical (unpaired) electrons. The predicted octanol–water partition coefficient (Wildman–Crippen LogP) is 1.61. The van der Waals surface area contributed by atoms with Crippen molar-refractivity contribution in [3.8, 4) is 0 Å². The van der Waals surface area contributed by atoms with Crippen LogP contribution in [-0.4, -0.2) is 51.2 Å². The first-order valence-electron chi connectivity index (χ1n) is 6.67. The largest absolute Gasteiger partial charge is 0.409 e. The van der Waals surface area contributed by atoms with Gasteiger partial charge in [-0.25, -0.2) is 0 Å². The number of amidine groups is 1. The smallest absolute Gasteiger partial charge is 0.144 e. The quantitative estimate of drug-likeness (QED) is 0.186. The molecule has 0 aliphatic carbocycles. The van der Waals surface area contributed by atoms with Crippen LogP contribution < -0.4 is 5.73 Å². The van der Waals surface area contributed by atoms with Crippen LogP contribution in [0.5, 0.6) is 0 Å². The minimum absolute atomic E-state index is 0.258. The highest BCUT2D eigenvalue weighted by Crippen LogP contribution is 2.22. The average Bonchev–Trinajstić information content (AvgIpc) is 2.39. The van der Waals surface area contributed by atoms with E-state index in [4.69, 9.17) is 25.2 Å². The Labute approximate surface area is 115 Å². The Kier molecular flexibility index (Phi) is 10.5. The van der Waals surface area contributed by atoms with E-state index in [-0.39, 0.29) is 11.3 Å². The first-order valence-corrected chi connectivity index (χ1v) is 6.67. The minimum Gasteiger partial charge on any atom is -0.409 e. The summed E-state index contributed by atoms with van der Waals surface area (Å²) in [5.74, 6) is 0.258. The molecule has 0 fully saturated rings. The molecular formula is C13H28N2O4. The number of rotatable bonds is 12. The molecule has 114 valence electrons. The van der Waals surface area contributed by atoms with Crippen LogP contribution in [0.3, 0.4) is 0 Å². The summed E-state index contributed by atoms with van der Waals surface area (Å²) in [6, 6.07) is 0. The van der Waals surface area contributed by atoms with Crippen LogP contribution in [0.15, 0.2) is 5.16 Å². The Morgan fingerprint density at radius 3 is 2.16 bits per heavy atom. The van der Waals surface area contributed by atoms with Crippen molar-refractivity contribution in [2.24, 2.45) is 16.3 Å². The van der Waals surface area contributed by atoms with Crippen molar-refractivity contribution >= 4 is 5.84 Å². The van der Waals surface area contributed by atoms with E-state index in [9.17, 15) is 0 Å². The fraction of sp³-hybridized carbons (Fsp3) is 0.923. The molecule has 3 N–H and O–H groups in total. The first-order chi connectivity index (χ1) is 9.04. The molecule has 6 nitrogen and oxygen atoms in total. The van der Waals surface area contributed by atoms with E-state index >= 15 is 0 Å². The van der Waals surface area contributed by atoms with E-state index in [1.165, 1.54) is 0 Å². The predicted molar refractivity (Wildman–Crippen MR) is 74.6 cm³/mol. The van der Waals surface area contributed by atoms with Crippen LogP contribution in [0.4, 0.5) is 0 Å². The zero-order valence-corrected chi connectivity index (χ0v) is 12.4. The molecule has 0 atom stereocenters. The third kappa shape index (κ3) is 9.69. The lowest BCUT2D eigenvalue weighted by Gasteiger charge is -2.22. The summed E-state index contributed by atoms with van der Waals surface area (Å²) in [5.41, 5.74) is 5.30. The van der Waals surface area contributed by atoms with Crippen molar-refractivity contribution in [3.63, 3.8) is 0 Å². The van der Waals surface area contributed by atoms with Crippen LogP contribution in [-0.2, 0) is 14.2 Å². The van der Waals surface area contributed by atoms with Gasteiger partial charge in [0.05, 0.1) is 13.2 Å². The minimum atomic E-state index is -0.297. The standard InChI is InChI=1S/C13H28N2O4/c1-13(2,12(14)15-16)6-4-8-18-10-11-19-9-5-7-17-3/h16H,4-11H2,1-3H3,(H2,14,15). The molecule has 0 spiro atoms. The molecule has 0 bridgehead atoms. The maximum atomic E-state index is 8.64. The van der Waals surface area contributed by atoms with E-state index in [2.05, 4.69) is 5.16 Å². The summed E-state index contributed by atoms with van der Waals surface area (Å²) in [6.07, 6.45) is 2.59. The number of hydrogen-bond donors (Lipinski definition) is 2. The highest BCUT2D eigenvalue weighted by Gasteiger charge is 2.22. The van der Waals surface area contributed by atoms with Crippen LogP contribution in [0.1, 0.15) is 33.1 Å². The van der Waals surface area contributed by atoms with Gasteiger partial charge < -0.3 is 25.2 Å². The lowest BCUT2D eigenvalue weighted by Crippen LogP contribution is -2.32. The average molecular weight is 276 g/mol. The summed E-state index contributed by atoms with van der Waals surface area (Å²) < 4.78 is 15.7. The van der Waals surface area contributed by atoms with Gasteiger partial charge in [-0.15, -0.1) is 0 Å². The molecule has 0 aromatic rings. The number of hydrogen-bond acceptors (Lipinski definition) is 5. The SMILES string of the molecule is COCCCOCCOCCCC(C)(C)C(N)=NO. The van der Waals surface area contributed by atoms with Crippen LogP contribution in [0.25, 0.3) is 0 Å². The van der Waals surface area contributed by atoms with Gasteiger partial charge in [0.2, 0.25) is 0 Å². The van der Waals surface area contributed by atoms with E-state index in [0.29, 0.717) is 26.4 Å². The first kappa shape index (κ1) is 18.1. The van der Waals surface area contributed by atoms with Gasteiger partial charge in [0.25, 0.3) is 0 Å². The molecule has 0 rings (SSSR count). The van der Waals surface area contributed by atoms with E-state index in [0.717, 1.165) is 25.9 Å². The number of nitrogens with zero attached hydrogens (tertiary/aromatic N) is 1. The molecule has 0 aliphatic rings. The van der Waals surface area contributed by atoms with Crippen LogP contribution >= 0.6 is 0 Å². The Morgan fingerprint density at radius 2 is 1.63 bits per heavy atom. The number of methoxy groups -OCH3 is 1. The molecule has 6 heteroatoms. The maximum absolute atomic E-state index is 8.64. The fourth-order valence-electron chi connectivity index (χ4n) is 1.51. The number of nitrogens with two attached hydrogens (primary N) is 1. The Morgan fingerprint density at radius 1 is 1.05 bits per heavy atom. The van der Waals surface area contributed by atoms with Gasteiger partial charge in [-0.2, -0.15) is 0 Å². The number of ether oxygens (including phenoxy) is 3. The lowest BCUT2D eigenvalue weighted by atomic mass is 9.87. The fourth-order valence-corrected chi connectivity index (χ4v) is 1.51. The van der Waals surface area contributed by atoms with Crippen molar-refractivity contribution in [2.45, 2.75) is 33.1 Å². The van der Waals surface area contributed by atoms with Gasteiger partial charge in [0.15, 0.2) is 0 Å². The monoisotopic (exact) mass is 276 g/mol. The van der Waals surface area contributed by atoms with E-state index in [1.807, 2.05) is 13.8 Å². The second kappa shape index (κ2) is 11.0. The summed E-state index contributed by atoms with van der Waals surface area (Å²) in [7, 11) is 1.68. The molecule has 0 saturated carbocycles. The molecule has 0 amide bonds. The summed E-state index contributed by atoms with van der Waals surface area (Å²) in [5, 5.41) is 11.7. The van der Waals surface area contributed by atoms with Crippen molar-refractivity contribution in [2.75, 3.05) is 40.1 Å². The normalized spacial score (nSPS) is 12.9. The zero-order valence-electron chi connectivity index (χ0n) is 12.4. The summed E-state index contributed by atoms with van der Waals surface area (Å²) in [4.78, 5) is 0. The van der Waals surface area contributed by atoms with Gasteiger partial charge in [-0.3, -0.25) is 0 Å². The van der Waals surface area contributed by atoms with Crippen molar-refractivity contribution in [1.29, 1.82) is 0 Å². The third-order valence-electron chi connectivity index (χ3n) is 2.90. The maximum Gasteiger partial charge on any atom is 0.144 e. The van der Waals surface area contributed by atoms with Gasteiger partial charge in [0, 0.05) is 32.3 Å². The van der Waals surface area contributed by atoms with Gasteiger partial charge in [0.1, 0.15) is 5.84 Å². The Balaban J connectivity index is 3.36. The van der Waals surface area contributed by atoms with Gasteiger partial charge in [-0.05, 0) is 19.3 Å². The molecule has 0 heterocycles. The molecule has 0 saturated heterocycles. The molecule has 0 aliphatic heterocycles. The zero-order chi connectivity index (χ0) is 14.6. The second-order valence-corrected chi connectivity index (χ2v) is 5.04. The highest BCUT2D eigenvalue weighted by atomic mass is 16.5. The Bertz CT molecular complexity index is 245.